The molecule has 1 fully saturated rings. The van der Waals surface area contributed by atoms with Crippen molar-refractivity contribution >= 4 is 5.97 Å². The van der Waals surface area contributed by atoms with Gasteiger partial charge in [0.25, 0.3) is 0 Å². The van der Waals surface area contributed by atoms with Gasteiger partial charge < -0.3 is 19.6 Å². The number of hydrogen-bond donors (Lipinski definition) is 2. The van der Waals surface area contributed by atoms with Gasteiger partial charge in [0, 0.05) is 25.3 Å². The molecule has 0 amide bonds. The molecule has 0 bridgehead atoms. The Bertz CT molecular complexity index is 427. The lowest BCUT2D eigenvalue weighted by Crippen LogP contribution is -2.26. The van der Waals surface area contributed by atoms with Crippen LogP contribution in [-0.4, -0.2) is 30.3 Å². The molecule has 5 heteroatoms. The Labute approximate surface area is 106 Å². The highest BCUT2D eigenvalue weighted by molar-refractivity contribution is 5.84. The number of nitrogens with one attached hydrogen (secondary N) is 1. The lowest BCUT2D eigenvalue weighted by atomic mass is 10.0. The van der Waals surface area contributed by atoms with Gasteiger partial charge in [-0.05, 0) is 32.3 Å². The number of carboxylic acids is 1. The highest BCUT2D eigenvalue weighted by atomic mass is 16.5. The highest BCUT2D eigenvalue weighted by Gasteiger charge is 2.23. The third kappa shape index (κ3) is 2.91. The number of rotatable bonds is 5. The van der Waals surface area contributed by atoms with E-state index >= 15 is 0 Å². The first-order chi connectivity index (χ1) is 8.58. The Morgan fingerprint density at radius 2 is 2.39 bits per heavy atom. The topological polar surface area (TPSA) is 71.7 Å². The summed E-state index contributed by atoms with van der Waals surface area (Å²) in [5, 5.41) is 12.2. The molecule has 2 atom stereocenters. The van der Waals surface area contributed by atoms with E-state index in [1.54, 1.807) is 13.0 Å². The van der Waals surface area contributed by atoms with Crippen molar-refractivity contribution in [3.05, 3.63) is 23.2 Å². The van der Waals surface area contributed by atoms with Crippen LogP contribution in [0.25, 0.3) is 0 Å². The molecule has 2 rings (SSSR count). The molecule has 0 aromatic carbocycles. The molecule has 100 valence electrons. The summed E-state index contributed by atoms with van der Waals surface area (Å²) in [6.07, 6.45) is 1.39. The highest BCUT2D eigenvalue weighted by Crippen LogP contribution is 2.20. The fraction of sp³-hybridized carbons (Fsp3) is 0.615. The number of furan rings is 1. The van der Waals surface area contributed by atoms with Crippen LogP contribution in [0.15, 0.2) is 10.5 Å². The van der Waals surface area contributed by atoms with Crippen LogP contribution in [-0.2, 0) is 11.3 Å². The first-order valence-electron chi connectivity index (χ1n) is 6.23. The smallest absolute Gasteiger partial charge is 0.371 e. The molecular formula is C13H19NO4. The van der Waals surface area contributed by atoms with Gasteiger partial charge in [-0.1, -0.05) is 0 Å². The van der Waals surface area contributed by atoms with Crippen molar-refractivity contribution in [2.75, 3.05) is 13.2 Å². The predicted molar refractivity (Wildman–Crippen MR) is 65.6 cm³/mol. The van der Waals surface area contributed by atoms with Gasteiger partial charge in [-0.25, -0.2) is 4.79 Å². The molecule has 0 saturated carbocycles. The van der Waals surface area contributed by atoms with Gasteiger partial charge in [0.1, 0.15) is 5.76 Å². The summed E-state index contributed by atoms with van der Waals surface area (Å²) in [5.41, 5.74) is 0.902. The Kier molecular flexibility index (Phi) is 4.04. The second-order valence-electron chi connectivity index (χ2n) is 4.75. The summed E-state index contributed by atoms with van der Waals surface area (Å²) in [6.45, 7) is 6.22. The maximum atomic E-state index is 10.8. The van der Waals surface area contributed by atoms with E-state index in [1.165, 1.54) is 0 Å². The summed E-state index contributed by atoms with van der Waals surface area (Å²) < 4.78 is 10.6. The minimum atomic E-state index is -1.03. The third-order valence-corrected chi connectivity index (χ3v) is 3.49. The molecule has 1 aromatic heterocycles. The van der Waals surface area contributed by atoms with Crippen molar-refractivity contribution in [1.82, 2.24) is 5.32 Å². The Hall–Kier alpha value is -1.33. The summed E-state index contributed by atoms with van der Waals surface area (Å²) in [6, 6.07) is 1.58. The Balaban J connectivity index is 1.84. The van der Waals surface area contributed by atoms with Gasteiger partial charge in [-0.3, -0.25) is 0 Å². The molecule has 0 radical (unpaired) electrons. The quantitative estimate of drug-likeness (QED) is 0.837. The van der Waals surface area contributed by atoms with Crippen molar-refractivity contribution in [2.45, 2.75) is 32.9 Å². The van der Waals surface area contributed by atoms with Crippen LogP contribution in [0.1, 0.15) is 35.2 Å². The van der Waals surface area contributed by atoms with Crippen molar-refractivity contribution < 1.29 is 19.1 Å². The van der Waals surface area contributed by atoms with Crippen LogP contribution in [0.2, 0.25) is 0 Å². The zero-order valence-corrected chi connectivity index (χ0v) is 10.7. The van der Waals surface area contributed by atoms with Crippen LogP contribution in [0.5, 0.6) is 0 Å². The molecule has 1 saturated heterocycles. The van der Waals surface area contributed by atoms with Gasteiger partial charge >= 0.3 is 5.97 Å². The second kappa shape index (κ2) is 5.54. The SMILES string of the molecule is Cc1oc(C(=O)O)cc1CNCC1CCOC1C. The number of carbonyl (C=O) groups is 1. The van der Waals surface area contributed by atoms with E-state index < -0.39 is 5.97 Å². The molecule has 2 unspecified atom stereocenters. The Morgan fingerprint density at radius 1 is 1.61 bits per heavy atom. The maximum absolute atomic E-state index is 10.8. The Morgan fingerprint density at radius 3 is 2.94 bits per heavy atom. The fourth-order valence-corrected chi connectivity index (χ4v) is 2.24. The summed E-state index contributed by atoms with van der Waals surface area (Å²) in [4.78, 5) is 10.8. The molecule has 1 aromatic rings. The van der Waals surface area contributed by atoms with Gasteiger partial charge in [-0.15, -0.1) is 0 Å². The minimum Gasteiger partial charge on any atom is -0.475 e. The molecule has 1 aliphatic heterocycles. The van der Waals surface area contributed by atoms with Crippen molar-refractivity contribution in [1.29, 1.82) is 0 Å². The number of aryl methyl sites for hydroxylation is 1. The van der Waals surface area contributed by atoms with E-state index in [1.807, 2.05) is 0 Å². The largest absolute Gasteiger partial charge is 0.475 e. The van der Waals surface area contributed by atoms with Gasteiger partial charge in [0.05, 0.1) is 6.10 Å². The van der Waals surface area contributed by atoms with Gasteiger partial charge in [0.2, 0.25) is 5.76 Å². The van der Waals surface area contributed by atoms with Crippen LogP contribution in [0, 0.1) is 12.8 Å². The van der Waals surface area contributed by atoms with Crippen LogP contribution in [0.4, 0.5) is 0 Å². The lowest BCUT2D eigenvalue weighted by Gasteiger charge is -2.14. The third-order valence-electron chi connectivity index (χ3n) is 3.49. The van der Waals surface area contributed by atoms with E-state index in [9.17, 15) is 4.79 Å². The van der Waals surface area contributed by atoms with E-state index in [4.69, 9.17) is 14.3 Å². The van der Waals surface area contributed by atoms with Gasteiger partial charge in [0.15, 0.2) is 0 Å². The lowest BCUT2D eigenvalue weighted by molar-refractivity contribution is 0.0661. The number of carboxylic acid groups (broad SMARTS) is 1. The molecule has 2 heterocycles. The molecule has 0 spiro atoms. The minimum absolute atomic E-state index is 0.00173. The first-order valence-corrected chi connectivity index (χ1v) is 6.23. The monoisotopic (exact) mass is 253 g/mol. The van der Waals surface area contributed by atoms with Crippen LogP contribution in [0.3, 0.4) is 0 Å². The second-order valence-corrected chi connectivity index (χ2v) is 4.75. The molecular weight excluding hydrogens is 234 g/mol. The molecule has 18 heavy (non-hydrogen) atoms. The summed E-state index contributed by atoms with van der Waals surface area (Å²) in [7, 11) is 0. The number of aromatic carboxylic acids is 1. The maximum Gasteiger partial charge on any atom is 0.371 e. The van der Waals surface area contributed by atoms with Gasteiger partial charge in [-0.2, -0.15) is 0 Å². The zero-order chi connectivity index (χ0) is 13.1. The van der Waals surface area contributed by atoms with Crippen molar-refractivity contribution in [3.8, 4) is 0 Å². The van der Waals surface area contributed by atoms with Crippen LogP contribution >= 0.6 is 0 Å². The molecule has 0 aliphatic carbocycles. The average Bonchev–Trinajstić information content (AvgIpc) is 2.87. The number of hydrogen-bond acceptors (Lipinski definition) is 4. The zero-order valence-electron chi connectivity index (χ0n) is 10.7. The molecule has 1 aliphatic rings. The predicted octanol–water partition coefficient (Wildman–Crippen LogP) is 1.80. The van der Waals surface area contributed by atoms with E-state index in [0.717, 1.165) is 25.1 Å². The summed E-state index contributed by atoms with van der Waals surface area (Å²) >= 11 is 0. The standard InChI is InChI=1S/C13H19NO4/c1-8-10(3-4-17-8)6-14-7-11-5-12(13(15)16)18-9(11)2/h5,8,10,14H,3-4,6-7H2,1-2H3,(H,15,16). The van der Waals surface area contributed by atoms with Crippen LogP contribution < -0.4 is 5.32 Å². The average molecular weight is 253 g/mol. The van der Waals surface area contributed by atoms with E-state index in [2.05, 4.69) is 12.2 Å². The normalized spacial score (nSPS) is 23.4. The number of ether oxygens (including phenoxy) is 1. The van der Waals surface area contributed by atoms with E-state index in [0.29, 0.717) is 24.3 Å². The molecule has 2 N–H and O–H groups in total. The summed E-state index contributed by atoms with van der Waals surface area (Å²) in [5.74, 6) is 0.177. The van der Waals surface area contributed by atoms with Crippen molar-refractivity contribution in [3.63, 3.8) is 0 Å². The van der Waals surface area contributed by atoms with E-state index in [-0.39, 0.29) is 5.76 Å². The van der Waals surface area contributed by atoms with Crippen molar-refractivity contribution in [2.24, 2.45) is 5.92 Å². The first kappa shape index (κ1) is 13.1. The fourth-order valence-electron chi connectivity index (χ4n) is 2.24. The molecule has 5 nitrogen and oxygen atoms in total.